The molecule has 0 atom stereocenters. The summed E-state index contributed by atoms with van der Waals surface area (Å²) in [5, 5.41) is 30.8. The van der Waals surface area contributed by atoms with Gasteiger partial charge >= 0.3 is 28.9 Å². The average molecular weight is 350 g/mol. The lowest BCUT2D eigenvalue weighted by Crippen LogP contribution is -2.57. The maximum atomic E-state index is 11.7. The summed E-state index contributed by atoms with van der Waals surface area (Å²) in [6.07, 6.45) is -3.08. The fraction of sp³-hybridized carbons (Fsp3) is 0.667. The average Bonchev–Trinajstić information content (AvgIpc) is 2.10. The van der Waals surface area contributed by atoms with E-state index in [4.69, 9.17) is 0 Å². The zero-order valence-electron chi connectivity index (χ0n) is 9.11. The Balaban J connectivity index is 5.22. The molecule has 0 aliphatic rings. The van der Waals surface area contributed by atoms with Gasteiger partial charge in [-0.15, -0.1) is 0 Å². The molecular weight excluding hydrogens is 347 g/mol. The number of nitrogens with one attached hydrogen (secondary N) is 1. The van der Waals surface area contributed by atoms with Crippen LogP contribution in [0.2, 0.25) is 0 Å². The molecule has 1 N–H and O–H groups in total. The van der Waals surface area contributed by atoms with Crippen molar-refractivity contribution in [3.8, 4) is 0 Å². The Morgan fingerprint density at radius 2 is 1.33 bits per heavy atom. The molecule has 0 aliphatic heterocycles. The van der Waals surface area contributed by atoms with Crippen molar-refractivity contribution in [3.63, 3.8) is 0 Å². The lowest BCUT2D eigenvalue weighted by molar-refractivity contribution is -0.970. The van der Waals surface area contributed by atoms with E-state index in [-0.39, 0.29) is 0 Å². The molecular formula is C3H3F5N4O8S. The highest BCUT2D eigenvalue weighted by molar-refractivity contribution is 8.44. The Bertz CT molecular complexity index is 481. The standard InChI is InChI=1S/C3H3F5N4O8S/c4-21(5,6,7,8)9-2(13)20-1-3(10(14)15,11(16)17)12(18)19/h1H2,(H,9,13). The van der Waals surface area contributed by atoms with E-state index in [2.05, 4.69) is 4.74 Å². The summed E-state index contributed by atoms with van der Waals surface area (Å²) in [6, 6.07) is 0. The topological polar surface area (TPSA) is 168 Å². The van der Waals surface area contributed by atoms with E-state index in [1.54, 1.807) is 0 Å². The first-order valence-electron chi connectivity index (χ1n) is 4.04. The molecule has 0 heterocycles. The summed E-state index contributed by atoms with van der Waals surface area (Å²) < 4.78 is 61.0. The molecule has 0 spiro atoms. The molecule has 0 aromatic carbocycles. The Labute approximate surface area is 109 Å². The molecule has 0 unspecified atom stereocenters. The first-order chi connectivity index (χ1) is 8.91. The van der Waals surface area contributed by atoms with E-state index in [9.17, 15) is 54.6 Å². The van der Waals surface area contributed by atoms with Crippen LogP contribution in [0.5, 0.6) is 0 Å². The van der Waals surface area contributed by atoms with E-state index < -0.39 is 48.4 Å². The van der Waals surface area contributed by atoms with Gasteiger partial charge in [0.1, 0.15) is 0 Å². The van der Waals surface area contributed by atoms with Crippen LogP contribution in [0.3, 0.4) is 0 Å². The number of nitrogens with zero attached hydrogens (tertiary/aromatic N) is 3. The van der Waals surface area contributed by atoms with Crippen molar-refractivity contribution < 1.29 is 43.7 Å². The first kappa shape index (κ1) is 18.5. The second kappa shape index (κ2) is 4.23. The summed E-state index contributed by atoms with van der Waals surface area (Å²) >= 11 is 0. The molecule has 0 saturated carbocycles. The van der Waals surface area contributed by atoms with Crippen LogP contribution in [0.4, 0.5) is 24.2 Å². The zero-order valence-corrected chi connectivity index (χ0v) is 9.93. The summed E-state index contributed by atoms with van der Waals surface area (Å²) in [7, 11) is -10.5. The maximum Gasteiger partial charge on any atom is 0.734 e. The van der Waals surface area contributed by atoms with Gasteiger partial charge in [0.2, 0.25) is 0 Å². The number of rotatable bonds is 6. The predicted molar refractivity (Wildman–Crippen MR) is 51.3 cm³/mol. The maximum absolute atomic E-state index is 11.7. The Morgan fingerprint density at radius 1 is 1.00 bits per heavy atom. The van der Waals surface area contributed by atoms with Crippen LogP contribution < -0.4 is 4.72 Å². The Hall–Kier alpha value is -2.53. The second-order valence-corrected chi connectivity index (χ2v) is 5.33. The smallest absolute Gasteiger partial charge is 0.423 e. The van der Waals surface area contributed by atoms with Gasteiger partial charge in [0, 0.05) is 0 Å². The number of carbonyl (C=O) groups is 1. The minimum atomic E-state index is -10.5. The van der Waals surface area contributed by atoms with E-state index in [1.807, 2.05) is 0 Å². The molecule has 12 nitrogen and oxygen atoms in total. The van der Waals surface area contributed by atoms with Crippen molar-refractivity contribution in [1.29, 1.82) is 0 Å². The molecule has 0 radical (unpaired) electrons. The van der Waals surface area contributed by atoms with Crippen LogP contribution in [0.25, 0.3) is 0 Å². The molecule has 0 aromatic heterocycles. The van der Waals surface area contributed by atoms with Crippen LogP contribution in [-0.4, -0.2) is 33.3 Å². The zero-order chi connectivity index (χ0) is 17.3. The van der Waals surface area contributed by atoms with Crippen molar-refractivity contribution in [2.75, 3.05) is 6.61 Å². The number of hydrogen-bond donors (Lipinski definition) is 1. The summed E-state index contributed by atoms with van der Waals surface area (Å²) in [5.41, 5.74) is 0. The highest BCUT2D eigenvalue weighted by atomic mass is 32.5. The quantitative estimate of drug-likeness (QED) is 0.324. The van der Waals surface area contributed by atoms with E-state index >= 15 is 0 Å². The number of carbonyl (C=O) groups excluding carboxylic acids is 1. The Morgan fingerprint density at radius 3 is 1.57 bits per heavy atom. The number of hydrogen-bond acceptors (Lipinski definition) is 8. The highest BCUT2D eigenvalue weighted by Gasteiger charge is 2.72. The molecule has 0 saturated heterocycles. The van der Waals surface area contributed by atoms with Gasteiger partial charge in [-0.3, -0.25) is 30.3 Å². The number of amides is 1. The number of ether oxygens (including phenoxy) is 1. The fourth-order valence-corrected chi connectivity index (χ4v) is 1.08. The molecule has 0 rings (SSSR count). The minimum Gasteiger partial charge on any atom is -0.423 e. The Kier molecular flexibility index (Phi) is 3.72. The van der Waals surface area contributed by atoms with Gasteiger partial charge in [-0.2, -0.15) is 4.72 Å². The molecule has 18 heteroatoms. The second-order valence-electron chi connectivity index (χ2n) is 3.19. The SMILES string of the molecule is O=C(NS(F)(F)(F)(F)F)OCC([N+](=O)[O-])([N+](=O)[O-])[N+](=O)[O-]. The predicted octanol–water partition coefficient (Wildman–Crippen LogP) is 1.41. The number of halogens is 5. The third-order valence-electron chi connectivity index (χ3n) is 1.55. The van der Waals surface area contributed by atoms with Crippen molar-refractivity contribution in [1.82, 2.24) is 4.72 Å². The highest BCUT2D eigenvalue weighted by Crippen LogP contribution is 2.94. The normalized spacial score (nSPS) is 15.3. The number of nitro groups is 3. The fourth-order valence-electron chi connectivity index (χ4n) is 0.707. The van der Waals surface area contributed by atoms with Gasteiger partial charge in [0.25, 0.3) is 0 Å². The van der Waals surface area contributed by atoms with Crippen LogP contribution in [0, 0.1) is 30.3 Å². The third kappa shape index (κ3) is 5.16. The van der Waals surface area contributed by atoms with E-state index in [1.165, 1.54) is 0 Å². The largest absolute Gasteiger partial charge is 0.734 e. The molecule has 0 aromatic rings. The molecule has 0 aliphatic carbocycles. The summed E-state index contributed by atoms with van der Waals surface area (Å²) in [4.78, 5) is 34.7. The van der Waals surface area contributed by atoms with Crippen molar-refractivity contribution in [2.45, 2.75) is 5.79 Å². The van der Waals surface area contributed by atoms with Gasteiger partial charge < -0.3 is 4.74 Å². The minimum absolute atomic E-state index is 0.883. The molecule has 0 fully saturated rings. The lowest BCUT2D eigenvalue weighted by Gasteiger charge is -2.39. The van der Waals surface area contributed by atoms with Crippen LogP contribution in [0.1, 0.15) is 0 Å². The molecule has 21 heavy (non-hydrogen) atoms. The summed E-state index contributed by atoms with van der Waals surface area (Å²) in [5.74, 6) is -4.44. The van der Waals surface area contributed by atoms with Crippen molar-refractivity contribution in [3.05, 3.63) is 30.3 Å². The molecule has 124 valence electrons. The van der Waals surface area contributed by atoms with Crippen molar-refractivity contribution in [2.24, 2.45) is 0 Å². The van der Waals surface area contributed by atoms with Gasteiger partial charge in [-0.05, 0) is 0 Å². The van der Waals surface area contributed by atoms with E-state index in [0.29, 0.717) is 0 Å². The third-order valence-corrected chi connectivity index (χ3v) is 2.10. The van der Waals surface area contributed by atoms with Crippen LogP contribution >= 0.6 is 10.4 Å². The van der Waals surface area contributed by atoms with Crippen LogP contribution in [-0.2, 0) is 4.74 Å². The van der Waals surface area contributed by atoms with Gasteiger partial charge in [0.05, 0.1) is 0 Å². The first-order valence-corrected chi connectivity index (χ1v) is 5.99. The van der Waals surface area contributed by atoms with E-state index in [0.717, 1.165) is 0 Å². The molecule has 1 amide bonds. The van der Waals surface area contributed by atoms with Crippen molar-refractivity contribution >= 4 is 16.5 Å². The van der Waals surface area contributed by atoms with Gasteiger partial charge in [0.15, 0.2) is 14.8 Å². The molecule has 0 bridgehead atoms. The lowest BCUT2D eigenvalue weighted by atomic mass is 10.4. The van der Waals surface area contributed by atoms with Crippen LogP contribution in [0.15, 0.2) is 0 Å². The monoisotopic (exact) mass is 350 g/mol. The summed E-state index contributed by atoms with van der Waals surface area (Å²) in [6.45, 7) is -2.46. The van der Waals surface area contributed by atoms with Gasteiger partial charge in [-0.1, -0.05) is 19.4 Å². The van der Waals surface area contributed by atoms with Gasteiger partial charge in [-0.25, -0.2) is 4.79 Å².